The molecule has 0 heterocycles. The molecular weight excluding hydrogens is 277 g/mol. The minimum absolute atomic E-state index is 0.951. The fourth-order valence-electron chi connectivity index (χ4n) is 1.13. The molecular formula is C10H6F5NO3. The van der Waals surface area contributed by atoms with Gasteiger partial charge >= 0.3 is 5.97 Å². The van der Waals surface area contributed by atoms with Crippen LogP contribution in [0.1, 0.15) is 17.3 Å². The number of amides is 1. The standard InChI is InChI=1S/C10H6F5NO3/c1-2(10(18)19)16-9(17)3-4(11)6(13)8(15)7(14)5(3)12/h2H,1H3,(H,16,17)(H,18,19). The predicted octanol–water partition coefficient (Wildman–Crippen LogP) is 1.58. The summed E-state index contributed by atoms with van der Waals surface area (Å²) in [6, 6.07) is -1.57. The van der Waals surface area contributed by atoms with Crippen molar-refractivity contribution in [2.45, 2.75) is 13.0 Å². The van der Waals surface area contributed by atoms with E-state index in [9.17, 15) is 31.5 Å². The molecule has 1 aromatic carbocycles. The number of carboxylic acids is 1. The zero-order valence-corrected chi connectivity index (χ0v) is 9.23. The monoisotopic (exact) mass is 283 g/mol. The van der Waals surface area contributed by atoms with Crippen molar-refractivity contribution in [1.82, 2.24) is 5.32 Å². The smallest absolute Gasteiger partial charge is 0.325 e. The molecule has 0 saturated heterocycles. The van der Waals surface area contributed by atoms with Gasteiger partial charge in [0.15, 0.2) is 23.3 Å². The van der Waals surface area contributed by atoms with Gasteiger partial charge in [-0.05, 0) is 6.92 Å². The number of rotatable bonds is 3. The van der Waals surface area contributed by atoms with Crippen LogP contribution in [0.2, 0.25) is 0 Å². The molecule has 1 aromatic rings. The maximum atomic E-state index is 13.2. The Morgan fingerprint density at radius 2 is 1.32 bits per heavy atom. The lowest BCUT2D eigenvalue weighted by Gasteiger charge is -2.11. The Morgan fingerprint density at radius 3 is 1.68 bits per heavy atom. The summed E-state index contributed by atoms with van der Waals surface area (Å²) in [5, 5.41) is 10.0. The molecule has 1 unspecified atom stereocenters. The summed E-state index contributed by atoms with van der Waals surface area (Å²) in [6.07, 6.45) is 0. The Hall–Kier alpha value is -2.19. The van der Waals surface area contributed by atoms with Gasteiger partial charge in [0.25, 0.3) is 5.91 Å². The van der Waals surface area contributed by atoms with E-state index in [2.05, 4.69) is 0 Å². The number of carboxylic acid groups (broad SMARTS) is 1. The van der Waals surface area contributed by atoms with Gasteiger partial charge in [0.2, 0.25) is 5.82 Å². The first-order chi connectivity index (χ1) is 8.68. The Balaban J connectivity index is 3.28. The molecule has 1 atom stereocenters. The van der Waals surface area contributed by atoms with Gasteiger partial charge in [-0.1, -0.05) is 0 Å². The molecule has 0 saturated carbocycles. The van der Waals surface area contributed by atoms with Crippen LogP contribution >= 0.6 is 0 Å². The molecule has 0 aliphatic rings. The Bertz CT molecular complexity index is 532. The molecule has 0 spiro atoms. The van der Waals surface area contributed by atoms with E-state index in [0.717, 1.165) is 6.92 Å². The average molecular weight is 283 g/mol. The molecule has 0 aliphatic carbocycles. The number of hydrogen-bond acceptors (Lipinski definition) is 2. The third kappa shape index (κ3) is 2.64. The van der Waals surface area contributed by atoms with Crippen molar-refractivity contribution in [3.05, 3.63) is 34.6 Å². The fourth-order valence-corrected chi connectivity index (χ4v) is 1.13. The minimum Gasteiger partial charge on any atom is -0.480 e. The summed E-state index contributed by atoms with van der Waals surface area (Å²) in [4.78, 5) is 21.7. The Morgan fingerprint density at radius 1 is 0.947 bits per heavy atom. The summed E-state index contributed by atoms with van der Waals surface area (Å²) in [6.45, 7) is 0.951. The van der Waals surface area contributed by atoms with Gasteiger partial charge in [-0.25, -0.2) is 22.0 Å². The second-order valence-corrected chi connectivity index (χ2v) is 3.48. The largest absolute Gasteiger partial charge is 0.480 e. The van der Waals surface area contributed by atoms with Crippen molar-refractivity contribution in [2.24, 2.45) is 0 Å². The zero-order valence-electron chi connectivity index (χ0n) is 9.23. The van der Waals surface area contributed by atoms with Crippen LogP contribution in [-0.2, 0) is 4.79 Å². The summed E-state index contributed by atoms with van der Waals surface area (Å²) in [5.74, 6) is -14.9. The molecule has 4 nitrogen and oxygen atoms in total. The normalized spacial score (nSPS) is 12.1. The predicted molar refractivity (Wildman–Crippen MR) is 50.8 cm³/mol. The highest BCUT2D eigenvalue weighted by molar-refractivity contribution is 5.97. The molecule has 0 aromatic heterocycles. The van der Waals surface area contributed by atoms with E-state index in [0.29, 0.717) is 0 Å². The van der Waals surface area contributed by atoms with Crippen LogP contribution in [0.15, 0.2) is 0 Å². The van der Waals surface area contributed by atoms with Crippen molar-refractivity contribution < 1.29 is 36.6 Å². The van der Waals surface area contributed by atoms with Crippen molar-refractivity contribution in [1.29, 1.82) is 0 Å². The lowest BCUT2D eigenvalue weighted by Crippen LogP contribution is -2.39. The van der Waals surface area contributed by atoms with Crippen molar-refractivity contribution >= 4 is 11.9 Å². The van der Waals surface area contributed by atoms with Crippen molar-refractivity contribution in [3.8, 4) is 0 Å². The molecule has 9 heteroatoms. The van der Waals surface area contributed by atoms with E-state index in [-0.39, 0.29) is 0 Å². The highest BCUT2D eigenvalue weighted by atomic mass is 19.2. The van der Waals surface area contributed by atoms with Gasteiger partial charge < -0.3 is 10.4 Å². The van der Waals surface area contributed by atoms with E-state index in [4.69, 9.17) is 5.11 Å². The summed E-state index contributed by atoms with van der Waals surface area (Å²) in [5.41, 5.74) is -1.73. The van der Waals surface area contributed by atoms with Crippen LogP contribution in [0, 0.1) is 29.1 Å². The molecule has 0 aliphatic heterocycles. The van der Waals surface area contributed by atoms with Crippen molar-refractivity contribution in [2.75, 3.05) is 0 Å². The van der Waals surface area contributed by atoms with Gasteiger partial charge in [0.05, 0.1) is 0 Å². The second-order valence-electron chi connectivity index (χ2n) is 3.48. The van der Waals surface area contributed by atoms with Crippen LogP contribution in [0.4, 0.5) is 22.0 Å². The molecule has 0 fully saturated rings. The van der Waals surface area contributed by atoms with E-state index in [1.165, 1.54) is 0 Å². The summed E-state index contributed by atoms with van der Waals surface area (Å²) >= 11 is 0. The highest BCUT2D eigenvalue weighted by Crippen LogP contribution is 2.22. The van der Waals surface area contributed by atoms with Crippen LogP contribution in [0.25, 0.3) is 0 Å². The molecule has 104 valence electrons. The van der Waals surface area contributed by atoms with Crippen LogP contribution in [0.5, 0.6) is 0 Å². The molecule has 19 heavy (non-hydrogen) atoms. The number of halogens is 5. The number of carbonyl (C=O) groups excluding carboxylic acids is 1. The van der Waals surface area contributed by atoms with Gasteiger partial charge in [-0.3, -0.25) is 9.59 Å². The highest BCUT2D eigenvalue weighted by Gasteiger charge is 2.30. The lowest BCUT2D eigenvalue weighted by molar-refractivity contribution is -0.138. The van der Waals surface area contributed by atoms with Crippen LogP contribution in [0.3, 0.4) is 0 Å². The molecule has 0 radical (unpaired) electrons. The van der Waals surface area contributed by atoms with Crippen molar-refractivity contribution in [3.63, 3.8) is 0 Å². The van der Waals surface area contributed by atoms with E-state index in [1.807, 2.05) is 0 Å². The van der Waals surface area contributed by atoms with Gasteiger partial charge in [-0.15, -0.1) is 0 Å². The first-order valence-electron chi connectivity index (χ1n) is 4.73. The number of nitrogens with one attached hydrogen (secondary N) is 1. The van der Waals surface area contributed by atoms with E-state index in [1.54, 1.807) is 5.32 Å². The first-order valence-corrected chi connectivity index (χ1v) is 4.73. The molecule has 1 rings (SSSR count). The van der Waals surface area contributed by atoms with Crippen LogP contribution < -0.4 is 5.32 Å². The maximum absolute atomic E-state index is 13.2. The Labute approximate surface area is 102 Å². The van der Waals surface area contributed by atoms with Crippen LogP contribution in [-0.4, -0.2) is 23.0 Å². The zero-order chi connectivity index (χ0) is 14.9. The number of carbonyl (C=O) groups is 2. The lowest BCUT2D eigenvalue weighted by atomic mass is 10.1. The molecule has 1 amide bonds. The van der Waals surface area contributed by atoms with E-state index < -0.39 is 52.6 Å². The molecule has 2 N–H and O–H groups in total. The second kappa shape index (κ2) is 5.21. The Kier molecular flexibility index (Phi) is 4.07. The summed E-state index contributed by atoms with van der Waals surface area (Å²) in [7, 11) is 0. The number of hydrogen-bond donors (Lipinski definition) is 2. The summed E-state index contributed by atoms with van der Waals surface area (Å²) < 4.78 is 64.7. The van der Waals surface area contributed by atoms with Gasteiger partial charge in [0, 0.05) is 0 Å². The average Bonchev–Trinajstić information content (AvgIpc) is 2.34. The topological polar surface area (TPSA) is 66.4 Å². The number of aliphatic carboxylic acids is 1. The van der Waals surface area contributed by atoms with E-state index >= 15 is 0 Å². The SMILES string of the molecule is CC(NC(=O)c1c(F)c(F)c(F)c(F)c1F)C(=O)O. The van der Waals surface area contributed by atoms with Gasteiger partial charge in [0.1, 0.15) is 11.6 Å². The maximum Gasteiger partial charge on any atom is 0.325 e. The first kappa shape index (κ1) is 14.9. The minimum atomic E-state index is -2.40. The molecule has 0 bridgehead atoms. The third-order valence-corrected chi connectivity index (χ3v) is 2.15. The number of benzene rings is 1. The fraction of sp³-hybridized carbons (Fsp3) is 0.200. The third-order valence-electron chi connectivity index (χ3n) is 2.15. The van der Waals surface area contributed by atoms with Gasteiger partial charge in [-0.2, -0.15) is 0 Å². The quantitative estimate of drug-likeness (QED) is 0.503.